The van der Waals surface area contributed by atoms with Gasteiger partial charge in [-0.05, 0) is 13.0 Å². The Kier molecular flexibility index (Phi) is 2.35. The normalized spacial score (nSPS) is 14.8. The summed E-state index contributed by atoms with van der Waals surface area (Å²) in [6, 6.07) is 7.52. The minimum absolute atomic E-state index is 0.0952. The Morgan fingerprint density at radius 3 is 2.50 bits per heavy atom. The number of carbonyl (C=O) groups is 1. The van der Waals surface area contributed by atoms with E-state index < -0.39 is 0 Å². The van der Waals surface area contributed by atoms with Crippen LogP contribution < -0.4 is 0 Å². The molecule has 1 aromatic rings. The van der Waals surface area contributed by atoms with E-state index in [1.54, 1.807) is 6.92 Å². The predicted octanol–water partition coefficient (Wildman–Crippen LogP) is 2.65. The summed E-state index contributed by atoms with van der Waals surface area (Å²) in [5, 5.41) is 0. The molecule has 2 nitrogen and oxygen atoms in total. The van der Waals surface area contributed by atoms with E-state index in [4.69, 9.17) is 4.74 Å². The number of hydrogen-bond donors (Lipinski definition) is 0. The smallest absolute Gasteiger partial charge is 0.159 e. The van der Waals surface area contributed by atoms with Crippen molar-refractivity contribution >= 4 is 11.5 Å². The van der Waals surface area contributed by atoms with Gasteiger partial charge >= 0.3 is 0 Å². The Hall–Kier alpha value is -1.57. The highest BCUT2D eigenvalue weighted by molar-refractivity contribution is 5.94. The number of rotatable bonds is 2. The molecular weight excluding hydrogens is 176 g/mol. The van der Waals surface area contributed by atoms with Crippen LogP contribution in [0.4, 0.5) is 0 Å². The van der Waals surface area contributed by atoms with Gasteiger partial charge in [0.1, 0.15) is 5.76 Å². The first-order valence-electron chi connectivity index (χ1n) is 4.72. The van der Waals surface area contributed by atoms with Crippen molar-refractivity contribution in [1.29, 1.82) is 0 Å². The molecule has 1 aliphatic rings. The minimum Gasteiger partial charge on any atom is -0.493 e. The number of carbonyl (C=O) groups excluding carboxylic acids is 1. The molecular formula is C12H12O2. The fourth-order valence-electron chi connectivity index (χ4n) is 1.49. The summed E-state index contributed by atoms with van der Waals surface area (Å²) in [5.41, 5.74) is 1.79. The molecule has 72 valence electrons. The highest BCUT2D eigenvalue weighted by Crippen LogP contribution is 2.21. The van der Waals surface area contributed by atoms with Gasteiger partial charge in [-0.1, -0.05) is 24.3 Å². The maximum absolute atomic E-state index is 11.0. The van der Waals surface area contributed by atoms with E-state index in [-0.39, 0.29) is 5.78 Å². The number of ketones is 1. The average molecular weight is 188 g/mol. The third-order valence-electron chi connectivity index (χ3n) is 2.28. The van der Waals surface area contributed by atoms with Crippen molar-refractivity contribution in [1.82, 2.24) is 0 Å². The van der Waals surface area contributed by atoms with Crippen LogP contribution in [0.15, 0.2) is 30.3 Å². The molecule has 0 bridgehead atoms. The van der Waals surface area contributed by atoms with Crippen molar-refractivity contribution in [3.05, 3.63) is 41.5 Å². The van der Waals surface area contributed by atoms with Crippen molar-refractivity contribution < 1.29 is 9.53 Å². The van der Waals surface area contributed by atoms with Gasteiger partial charge in [-0.25, -0.2) is 0 Å². The molecule has 0 amide bonds. The van der Waals surface area contributed by atoms with Crippen LogP contribution in [0.5, 0.6) is 0 Å². The first-order chi connectivity index (χ1) is 6.77. The largest absolute Gasteiger partial charge is 0.493 e. The lowest BCUT2D eigenvalue weighted by Crippen LogP contribution is -1.92. The van der Waals surface area contributed by atoms with Crippen molar-refractivity contribution in [2.75, 3.05) is 6.61 Å². The zero-order chi connectivity index (χ0) is 9.97. The van der Waals surface area contributed by atoms with Gasteiger partial charge in [0.2, 0.25) is 0 Å². The van der Waals surface area contributed by atoms with Crippen molar-refractivity contribution in [2.24, 2.45) is 0 Å². The van der Waals surface area contributed by atoms with Crippen LogP contribution in [0.25, 0.3) is 5.76 Å². The Labute approximate surface area is 83.2 Å². The third-order valence-corrected chi connectivity index (χ3v) is 2.28. The number of hydrogen-bond acceptors (Lipinski definition) is 2. The SMILES string of the molecule is CC(=O)c1ccc(C2=CCCO2)cc1. The first-order valence-corrected chi connectivity index (χ1v) is 4.72. The third kappa shape index (κ3) is 1.69. The molecule has 0 radical (unpaired) electrons. The maximum atomic E-state index is 11.0. The van der Waals surface area contributed by atoms with Crippen molar-refractivity contribution in [3.8, 4) is 0 Å². The van der Waals surface area contributed by atoms with E-state index in [9.17, 15) is 4.79 Å². The van der Waals surface area contributed by atoms with Crippen LogP contribution in [-0.2, 0) is 4.74 Å². The molecule has 0 aromatic heterocycles. The molecule has 0 N–H and O–H groups in total. The lowest BCUT2D eigenvalue weighted by Gasteiger charge is -2.03. The van der Waals surface area contributed by atoms with Gasteiger partial charge in [0.15, 0.2) is 5.78 Å². The van der Waals surface area contributed by atoms with Gasteiger partial charge < -0.3 is 4.74 Å². The Morgan fingerprint density at radius 1 is 1.29 bits per heavy atom. The van der Waals surface area contributed by atoms with Crippen molar-refractivity contribution in [3.63, 3.8) is 0 Å². The maximum Gasteiger partial charge on any atom is 0.159 e. The van der Waals surface area contributed by atoms with Gasteiger partial charge in [0.25, 0.3) is 0 Å². The molecule has 0 spiro atoms. The highest BCUT2D eigenvalue weighted by Gasteiger charge is 2.08. The summed E-state index contributed by atoms with van der Waals surface area (Å²) in [4.78, 5) is 11.0. The van der Waals surface area contributed by atoms with Crippen LogP contribution in [0, 0.1) is 0 Å². The highest BCUT2D eigenvalue weighted by atomic mass is 16.5. The molecule has 1 heterocycles. The molecule has 1 aliphatic heterocycles. The standard InChI is InChI=1S/C12H12O2/c1-9(13)10-4-6-11(7-5-10)12-3-2-8-14-12/h3-7H,2,8H2,1H3. The second kappa shape index (κ2) is 3.66. The van der Waals surface area contributed by atoms with Gasteiger partial charge in [0, 0.05) is 17.5 Å². The van der Waals surface area contributed by atoms with E-state index in [0.717, 1.165) is 29.9 Å². The van der Waals surface area contributed by atoms with Crippen LogP contribution in [0.3, 0.4) is 0 Å². The van der Waals surface area contributed by atoms with Gasteiger partial charge in [0.05, 0.1) is 6.61 Å². The molecule has 0 aliphatic carbocycles. The number of Topliss-reactive ketones (excluding diaryl/α,β-unsaturated/α-hetero) is 1. The van der Waals surface area contributed by atoms with Crippen LogP contribution >= 0.6 is 0 Å². The van der Waals surface area contributed by atoms with Gasteiger partial charge in [-0.3, -0.25) is 4.79 Å². The summed E-state index contributed by atoms with van der Waals surface area (Å²) in [5.74, 6) is 1.03. The molecule has 1 aromatic carbocycles. The quantitative estimate of drug-likeness (QED) is 0.667. The first kappa shape index (κ1) is 9.00. The van der Waals surface area contributed by atoms with Crippen LogP contribution in [-0.4, -0.2) is 12.4 Å². The molecule has 0 unspecified atom stereocenters. The summed E-state index contributed by atoms with van der Waals surface area (Å²) in [6.45, 7) is 2.34. The zero-order valence-electron chi connectivity index (χ0n) is 8.12. The van der Waals surface area contributed by atoms with Crippen molar-refractivity contribution in [2.45, 2.75) is 13.3 Å². The number of benzene rings is 1. The number of ether oxygens (including phenoxy) is 1. The molecule has 2 heteroatoms. The average Bonchev–Trinajstić information content (AvgIpc) is 2.71. The predicted molar refractivity (Wildman–Crippen MR) is 55.0 cm³/mol. The minimum atomic E-state index is 0.0952. The molecule has 14 heavy (non-hydrogen) atoms. The van der Waals surface area contributed by atoms with Crippen LogP contribution in [0.1, 0.15) is 29.3 Å². The molecule has 2 rings (SSSR count). The second-order valence-electron chi connectivity index (χ2n) is 3.34. The topological polar surface area (TPSA) is 26.3 Å². The molecule has 0 saturated carbocycles. The molecule has 0 atom stereocenters. The Morgan fingerprint density at radius 2 is 2.00 bits per heavy atom. The molecule has 0 fully saturated rings. The summed E-state index contributed by atoms with van der Waals surface area (Å²) < 4.78 is 5.42. The van der Waals surface area contributed by atoms with E-state index >= 15 is 0 Å². The zero-order valence-corrected chi connectivity index (χ0v) is 8.12. The lowest BCUT2D eigenvalue weighted by molar-refractivity contribution is 0.101. The van der Waals surface area contributed by atoms with Gasteiger partial charge in [-0.15, -0.1) is 0 Å². The van der Waals surface area contributed by atoms with Gasteiger partial charge in [-0.2, -0.15) is 0 Å². The Balaban J connectivity index is 2.25. The fraction of sp³-hybridized carbons (Fsp3) is 0.250. The fourth-order valence-corrected chi connectivity index (χ4v) is 1.49. The lowest BCUT2D eigenvalue weighted by atomic mass is 10.1. The molecule has 0 saturated heterocycles. The Bertz CT molecular complexity index is 374. The summed E-state index contributed by atoms with van der Waals surface area (Å²) >= 11 is 0. The summed E-state index contributed by atoms with van der Waals surface area (Å²) in [7, 11) is 0. The summed E-state index contributed by atoms with van der Waals surface area (Å²) in [6.07, 6.45) is 3.05. The van der Waals surface area contributed by atoms with E-state index in [2.05, 4.69) is 6.08 Å². The van der Waals surface area contributed by atoms with Crippen LogP contribution in [0.2, 0.25) is 0 Å². The van der Waals surface area contributed by atoms with E-state index in [0.29, 0.717) is 0 Å². The van der Waals surface area contributed by atoms with E-state index in [1.807, 2.05) is 24.3 Å². The monoisotopic (exact) mass is 188 g/mol. The second-order valence-corrected chi connectivity index (χ2v) is 3.34. The van der Waals surface area contributed by atoms with E-state index in [1.165, 1.54) is 0 Å².